The Bertz CT molecular complexity index is 635. The maximum absolute atomic E-state index is 10.9. The molecular formula is C15H13NO4. The summed E-state index contributed by atoms with van der Waals surface area (Å²) < 4.78 is 0. The SMILES string of the molecule is O=C(O)Cc1ccc(Nc2cccc(C(=O)O)c2)cc1. The topological polar surface area (TPSA) is 86.6 Å². The van der Waals surface area contributed by atoms with Crippen LogP contribution in [0, 0.1) is 0 Å². The molecule has 0 heterocycles. The van der Waals surface area contributed by atoms with Gasteiger partial charge in [-0.05, 0) is 35.9 Å². The van der Waals surface area contributed by atoms with Gasteiger partial charge in [0.1, 0.15) is 0 Å². The quantitative estimate of drug-likeness (QED) is 0.778. The summed E-state index contributed by atoms with van der Waals surface area (Å²) in [5.74, 6) is -1.86. The molecule has 0 spiro atoms. The number of aromatic carboxylic acids is 1. The van der Waals surface area contributed by atoms with E-state index in [1.165, 1.54) is 12.1 Å². The van der Waals surface area contributed by atoms with Crippen molar-refractivity contribution in [2.24, 2.45) is 0 Å². The third-order valence-electron chi connectivity index (χ3n) is 2.71. The highest BCUT2D eigenvalue weighted by molar-refractivity contribution is 5.89. The van der Waals surface area contributed by atoms with E-state index < -0.39 is 11.9 Å². The van der Waals surface area contributed by atoms with Gasteiger partial charge in [0, 0.05) is 11.4 Å². The molecule has 2 aromatic carbocycles. The number of nitrogens with one attached hydrogen (secondary N) is 1. The normalized spacial score (nSPS) is 10.0. The predicted molar refractivity (Wildman–Crippen MR) is 74.5 cm³/mol. The third-order valence-corrected chi connectivity index (χ3v) is 2.71. The number of hydrogen-bond donors (Lipinski definition) is 3. The standard InChI is InChI=1S/C15H13NO4/c17-14(18)8-10-4-6-12(7-5-10)16-13-3-1-2-11(9-13)15(19)20/h1-7,9,16H,8H2,(H,17,18)(H,19,20). The summed E-state index contributed by atoms with van der Waals surface area (Å²) in [6.45, 7) is 0. The fourth-order valence-electron chi connectivity index (χ4n) is 1.78. The maximum atomic E-state index is 10.9. The monoisotopic (exact) mass is 271 g/mol. The Kier molecular flexibility index (Phi) is 4.00. The molecule has 20 heavy (non-hydrogen) atoms. The van der Waals surface area contributed by atoms with Crippen LogP contribution >= 0.6 is 0 Å². The number of hydrogen-bond acceptors (Lipinski definition) is 3. The molecule has 2 aromatic rings. The van der Waals surface area contributed by atoms with Gasteiger partial charge in [0.05, 0.1) is 12.0 Å². The lowest BCUT2D eigenvalue weighted by atomic mass is 10.1. The van der Waals surface area contributed by atoms with Crippen molar-refractivity contribution >= 4 is 23.3 Å². The predicted octanol–water partition coefficient (Wildman–Crippen LogP) is 2.76. The zero-order valence-electron chi connectivity index (χ0n) is 10.5. The summed E-state index contributed by atoms with van der Waals surface area (Å²) in [6.07, 6.45) is -0.0191. The minimum atomic E-state index is -0.981. The molecule has 0 unspecified atom stereocenters. The Morgan fingerprint density at radius 3 is 2.25 bits per heavy atom. The number of carbonyl (C=O) groups is 2. The molecule has 0 radical (unpaired) electrons. The highest BCUT2D eigenvalue weighted by Crippen LogP contribution is 2.18. The Balaban J connectivity index is 2.11. The van der Waals surface area contributed by atoms with Gasteiger partial charge in [-0.15, -0.1) is 0 Å². The van der Waals surface area contributed by atoms with Crippen molar-refractivity contribution in [1.29, 1.82) is 0 Å². The fourth-order valence-corrected chi connectivity index (χ4v) is 1.78. The van der Waals surface area contributed by atoms with Crippen LogP contribution in [0.5, 0.6) is 0 Å². The Morgan fingerprint density at radius 1 is 0.950 bits per heavy atom. The molecular weight excluding hydrogens is 258 g/mol. The van der Waals surface area contributed by atoms with Crippen LogP contribution in [0.4, 0.5) is 11.4 Å². The van der Waals surface area contributed by atoms with Crippen molar-refractivity contribution in [2.45, 2.75) is 6.42 Å². The lowest BCUT2D eigenvalue weighted by Crippen LogP contribution is -2.00. The van der Waals surface area contributed by atoms with Crippen molar-refractivity contribution in [3.05, 3.63) is 59.7 Å². The Morgan fingerprint density at radius 2 is 1.65 bits per heavy atom. The van der Waals surface area contributed by atoms with Crippen LogP contribution in [0.25, 0.3) is 0 Å². The molecule has 0 saturated heterocycles. The molecule has 3 N–H and O–H groups in total. The van der Waals surface area contributed by atoms with E-state index in [1.54, 1.807) is 36.4 Å². The van der Waals surface area contributed by atoms with E-state index in [9.17, 15) is 9.59 Å². The minimum absolute atomic E-state index is 0.0191. The van der Waals surface area contributed by atoms with Gasteiger partial charge in [0.25, 0.3) is 0 Å². The van der Waals surface area contributed by atoms with Crippen LogP contribution in [0.3, 0.4) is 0 Å². The zero-order chi connectivity index (χ0) is 14.5. The van der Waals surface area contributed by atoms with Gasteiger partial charge in [-0.1, -0.05) is 18.2 Å². The second kappa shape index (κ2) is 5.88. The number of aliphatic carboxylic acids is 1. The summed E-state index contributed by atoms with van der Waals surface area (Å²) >= 11 is 0. The van der Waals surface area contributed by atoms with E-state index in [-0.39, 0.29) is 12.0 Å². The van der Waals surface area contributed by atoms with Crippen LogP contribution < -0.4 is 5.32 Å². The van der Waals surface area contributed by atoms with Gasteiger partial charge in [0.15, 0.2) is 0 Å². The van der Waals surface area contributed by atoms with Gasteiger partial charge in [0.2, 0.25) is 0 Å². The van der Waals surface area contributed by atoms with Crippen LogP contribution in [0.15, 0.2) is 48.5 Å². The van der Waals surface area contributed by atoms with Crippen LogP contribution in [-0.4, -0.2) is 22.2 Å². The summed E-state index contributed by atoms with van der Waals surface area (Å²) in [6, 6.07) is 13.4. The van der Waals surface area contributed by atoms with Crippen LogP contribution in [0.1, 0.15) is 15.9 Å². The van der Waals surface area contributed by atoms with Crippen molar-refractivity contribution < 1.29 is 19.8 Å². The molecule has 0 bridgehead atoms. The van der Waals surface area contributed by atoms with Gasteiger partial charge in [-0.25, -0.2) is 4.79 Å². The molecule has 2 rings (SSSR count). The van der Waals surface area contributed by atoms with E-state index in [0.717, 1.165) is 5.69 Å². The summed E-state index contributed by atoms with van der Waals surface area (Å²) in [5.41, 5.74) is 2.34. The molecule has 0 aliphatic heterocycles. The van der Waals surface area contributed by atoms with Gasteiger partial charge in [-0.3, -0.25) is 4.79 Å². The Labute approximate surface area is 115 Å². The number of anilines is 2. The molecule has 0 aromatic heterocycles. The van der Waals surface area contributed by atoms with Crippen LogP contribution in [-0.2, 0) is 11.2 Å². The number of carboxylic acids is 2. The van der Waals surface area contributed by atoms with Gasteiger partial charge >= 0.3 is 11.9 Å². The van der Waals surface area contributed by atoms with E-state index in [2.05, 4.69) is 5.32 Å². The molecule has 0 fully saturated rings. The third kappa shape index (κ3) is 3.58. The number of rotatable bonds is 5. The summed E-state index contributed by atoms with van der Waals surface area (Å²) in [5, 5.41) is 20.7. The first-order valence-electron chi connectivity index (χ1n) is 5.96. The maximum Gasteiger partial charge on any atom is 0.335 e. The largest absolute Gasteiger partial charge is 0.481 e. The molecule has 0 amide bonds. The second-order valence-electron chi connectivity index (χ2n) is 4.28. The van der Waals surface area contributed by atoms with Crippen molar-refractivity contribution in [3.63, 3.8) is 0 Å². The van der Waals surface area contributed by atoms with Crippen molar-refractivity contribution in [2.75, 3.05) is 5.32 Å². The molecule has 5 nitrogen and oxygen atoms in total. The smallest absolute Gasteiger partial charge is 0.335 e. The number of benzene rings is 2. The first-order valence-corrected chi connectivity index (χ1v) is 5.96. The number of carboxylic acid groups (broad SMARTS) is 2. The first-order chi connectivity index (χ1) is 9.54. The molecule has 0 aliphatic carbocycles. The Hall–Kier alpha value is -2.82. The zero-order valence-corrected chi connectivity index (χ0v) is 10.5. The first kappa shape index (κ1) is 13.6. The highest BCUT2D eigenvalue weighted by atomic mass is 16.4. The second-order valence-corrected chi connectivity index (χ2v) is 4.28. The average Bonchev–Trinajstić information content (AvgIpc) is 2.41. The molecule has 0 saturated carbocycles. The molecule has 0 aliphatic rings. The molecule has 5 heteroatoms. The van der Waals surface area contributed by atoms with Gasteiger partial charge in [-0.2, -0.15) is 0 Å². The lowest BCUT2D eigenvalue weighted by Gasteiger charge is -2.07. The summed E-state index contributed by atoms with van der Waals surface area (Å²) in [4.78, 5) is 21.4. The van der Waals surface area contributed by atoms with Crippen molar-refractivity contribution in [1.82, 2.24) is 0 Å². The molecule has 0 atom stereocenters. The lowest BCUT2D eigenvalue weighted by molar-refractivity contribution is -0.136. The fraction of sp³-hybridized carbons (Fsp3) is 0.0667. The van der Waals surface area contributed by atoms with Crippen molar-refractivity contribution in [3.8, 4) is 0 Å². The van der Waals surface area contributed by atoms with E-state index >= 15 is 0 Å². The van der Waals surface area contributed by atoms with E-state index in [4.69, 9.17) is 10.2 Å². The van der Waals surface area contributed by atoms with Crippen LogP contribution in [0.2, 0.25) is 0 Å². The molecule has 102 valence electrons. The minimum Gasteiger partial charge on any atom is -0.481 e. The van der Waals surface area contributed by atoms with Gasteiger partial charge < -0.3 is 15.5 Å². The average molecular weight is 271 g/mol. The van der Waals surface area contributed by atoms with E-state index in [0.29, 0.717) is 11.3 Å². The van der Waals surface area contributed by atoms with E-state index in [1.807, 2.05) is 0 Å². The summed E-state index contributed by atoms with van der Waals surface area (Å²) in [7, 11) is 0. The highest BCUT2D eigenvalue weighted by Gasteiger charge is 2.04.